The number of aryl methyl sites for hydroxylation is 1. The molecule has 1 unspecified atom stereocenters. The van der Waals surface area contributed by atoms with Gasteiger partial charge >= 0.3 is 5.97 Å². The van der Waals surface area contributed by atoms with Crippen LogP contribution in [-0.4, -0.2) is 32.2 Å². The van der Waals surface area contributed by atoms with E-state index >= 15 is 0 Å². The van der Waals surface area contributed by atoms with Gasteiger partial charge in [-0.1, -0.05) is 0 Å². The Kier molecular flexibility index (Phi) is 4.98. The number of hydrogen-bond acceptors (Lipinski definition) is 5. The molecule has 1 atom stereocenters. The minimum atomic E-state index is -2.14. The van der Waals surface area contributed by atoms with Gasteiger partial charge in [0.05, 0.1) is 12.5 Å². The van der Waals surface area contributed by atoms with Gasteiger partial charge in [0.1, 0.15) is 0 Å². The Morgan fingerprint density at radius 3 is 2.90 bits per heavy atom. The Morgan fingerprint density at radius 2 is 2.24 bits per heavy atom. The number of carbonyl (C=O) groups excluding carboxylic acids is 1. The molecule has 114 valence electrons. The van der Waals surface area contributed by atoms with E-state index in [0.717, 1.165) is 27.8 Å². The van der Waals surface area contributed by atoms with Crippen LogP contribution in [-0.2, 0) is 27.0 Å². The topological polar surface area (TPSA) is 94.2 Å². The summed E-state index contributed by atoms with van der Waals surface area (Å²) in [5.74, 6) is -0.426. The highest BCUT2D eigenvalue weighted by atomic mass is 32.2. The molecule has 2 aromatic rings. The second kappa shape index (κ2) is 6.73. The molecule has 0 aliphatic rings. The van der Waals surface area contributed by atoms with Gasteiger partial charge < -0.3 is 19.6 Å². The Labute approximate surface area is 125 Å². The first-order valence-corrected chi connectivity index (χ1v) is 7.76. The first-order valence-electron chi connectivity index (χ1n) is 6.51. The maximum atomic E-state index is 10.8. The molecule has 2 N–H and O–H groups in total. The molecule has 21 heavy (non-hydrogen) atoms. The number of nitrogens with one attached hydrogen (secondary N) is 2. The largest absolute Gasteiger partial charge is 0.771 e. The van der Waals surface area contributed by atoms with E-state index in [9.17, 15) is 13.6 Å². The number of aromatic amines is 1. The van der Waals surface area contributed by atoms with Crippen molar-refractivity contribution in [2.75, 3.05) is 17.8 Å². The first-order chi connectivity index (χ1) is 9.97. The van der Waals surface area contributed by atoms with Crippen LogP contribution in [0.4, 0.5) is 5.69 Å². The number of benzene rings is 1. The lowest BCUT2D eigenvalue weighted by atomic mass is 10.1. The van der Waals surface area contributed by atoms with E-state index in [1.54, 1.807) is 0 Å². The van der Waals surface area contributed by atoms with Crippen molar-refractivity contribution >= 4 is 33.6 Å². The second-order valence-electron chi connectivity index (χ2n) is 4.70. The van der Waals surface area contributed by atoms with Crippen LogP contribution in [0.3, 0.4) is 0 Å². The van der Waals surface area contributed by atoms with Crippen LogP contribution in [0.1, 0.15) is 18.2 Å². The first kappa shape index (κ1) is 15.5. The number of aromatic nitrogens is 1. The van der Waals surface area contributed by atoms with Gasteiger partial charge in [-0.3, -0.25) is 9.00 Å². The van der Waals surface area contributed by atoms with Crippen LogP contribution >= 0.6 is 0 Å². The molecule has 2 rings (SSSR count). The standard InChI is InChI=1S/C14H18N2O4S/c1-9-12(5-6-20-10(2)17)13-7-11(15-8-21(18)19)3-4-14(13)16-9/h3-4,7,15-16H,5-6,8H2,1-2H3,(H,18,19)/p-1. The number of ether oxygens (including phenoxy) is 1. The molecule has 7 heteroatoms. The highest BCUT2D eigenvalue weighted by Crippen LogP contribution is 2.25. The van der Waals surface area contributed by atoms with Crippen molar-refractivity contribution < 1.29 is 18.3 Å². The van der Waals surface area contributed by atoms with E-state index < -0.39 is 11.1 Å². The SMILES string of the molecule is CC(=O)OCCc1c(C)[nH]c2ccc(NCS(=O)[O-])cc12. The average molecular weight is 309 g/mol. The van der Waals surface area contributed by atoms with Gasteiger partial charge in [-0.05, 0) is 41.8 Å². The monoisotopic (exact) mass is 309 g/mol. The molecule has 0 spiro atoms. The van der Waals surface area contributed by atoms with Gasteiger partial charge in [0.25, 0.3) is 0 Å². The summed E-state index contributed by atoms with van der Waals surface area (Å²) in [7, 11) is 0. The third kappa shape index (κ3) is 4.05. The van der Waals surface area contributed by atoms with E-state index in [4.69, 9.17) is 4.74 Å². The summed E-state index contributed by atoms with van der Waals surface area (Å²) in [5, 5.41) is 3.84. The lowest BCUT2D eigenvalue weighted by Gasteiger charge is -2.09. The third-order valence-electron chi connectivity index (χ3n) is 3.17. The van der Waals surface area contributed by atoms with E-state index in [0.29, 0.717) is 13.0 Å². The molecule has 0 saturated heterocycles. The molecule has 0 radical (unpaired) electrons. The number of H-pyrrole nitrogens is 1. The van der Waals surface area contributed by atoms with Crippen molar-refractivity contribution in [1.29, 1.82) is 0 Å². The minimum absolute atomic E-state index is 0.127. The number of fused-ring (bicyclic) bond motifs is 1. The fourth-order valence-electron chi connectivity index (χ4n) is 2.25. The van der Waals surface area contributed by atoms with Crippen LogP contribution in [0.2, 0.25) is 0 Å². The van der Waals surface area contributed by atoms with Crippen molar-refractivity contribution in [3.63, 3.8) is 0 Å². The number of carbonyl (C=O) groups is 1. The maximum Gasteiger partial charge on any atom is 0.302 e. The quantitative estimate of drug-likeness (QED) is 0.627. The van der Waals surface area contributed by atoms with Crippen molar-refractivity contribution in [1.82, 2.24) is 4.98 Å². The highest BCUT2D eigenvalue weighted by Gasteiger charge is 2.09. The van der Waals surface area contributed by atoms with Crippen LogP contribution in [0.15, 0.2) is 18.2 Å². The Morgan fingerprint density at radius 1 is 1.48 bits per heavy atom. The van der Waals surface area contributed by atoms with E-state index in [1.807, 2.05) is 25.1 Å². The maximum absolute atomic E-state index is 10.8. The number of anilines is 1. The molecular formula is C14H17N2O4S-. The van der Waals surface area contributed by atoms with Gasteiger partial charge in [-0.2, -0.15) is 0 Å². The Balaban J connectivity index is 2.22. The van der Waals surface area contributed by atoms with Crippen molar-refractivity contribution in [2.45, 2.75) is 20.3 Å². The van der Waals surface area contributed by atoms with Crippen LogP contribution in [0.5, 0.6) is 0 Å². The van der Waals surface area contributed by atoms with Crippen molar-refractivity contribution in [2.24, 2.45) is 0 Å². The zero-order valence-electron chi connectivity index (χ0n) is 11.9. The molecule has 0 aliphatic heterocycles. The molecule has 0 saturated carbocycles. The fraction of sp³-hybridized carbons (Fsp3) is 0.357. The number of rotatable bonds is 6. The van der Waals surface area contributed by atoms with Crippen molar-refractivity contribution in [3.8, 4) is 0 Å². The smallest absolute Gasteiger partial charge is 0.302 e. The Bertz CT molecular complexity index is 681. The molecule has 1 aromatic carbocycles. The van der Waals surface area contributed by atoms with Crippen LogP contribution < -0.4 is 5.32 Å². The Hall–Kier alpha value is -1.86. The summed E-state index contributed by atoms with van der Waals surface area (Å²) in [6.45, 7) is 3.67. The highest BCUT2D eigenvalue weighted by molar-refractivity contribution is 7.79. The summed E-state index contributed by atoms with van der Waals surface area (Å²) >= 11 is -2.14. The zero-order chi connectivity index (χ0) is 15.4. The lowest BCUT2D eigenvalue weighted by Crippen LogP contribution is -2.07. The summed E-state index contributed by atoms with van der Waals surface area (Å²) in [5.41, 5.74) is 3.79. The van der Waals surface area contributed by atoms with Crippen molar-refractivity contribution in [3.05, 3.63) is 29.5 Å². The summed E-state index contributed by atoms with van der Waals surface area (Å²) < 4.78 is 26.2. The van der Waals surface area contributed by atoms with E-state index in [2.05, 4.69) is 10.3 Å². The fourth-order valence-corrected chi connectivity index (χ4v) is 2.54. The van der Waals surface area contributed by atoms with Gasteiger partial charge in [-0.25, -0.2) is 0 Å². The predicted octanol–water partition coefficient (Wildman–Crippen LogP) is 1.83. The summed E-state index contributed by atoms with van der Waals surface area (Å²) in [6.07, 6.45) is 0.613. The van der Waals surface area contributed by atoms with Crippen LogP contribution in [0.25, 0.3) is 10.9 Å². The molecule has 1 aromatic heterocycles. The predicted molar refractivity (Wildman–Crippen MR) is 80.8 cm³/mol. The zero-order valence-corrected chi connectivity index (χ0v) is 12.7. The summed E-state index contributed by atoms with van der Waals surface area (Å²) in [4.78, 5) is 14.1. The van der Waals surface area contributed by atoms with Gasteiger partial charge in [0.15, 0.2) is 0 Å². The summed E-state index contributed by atoms with van der Waals surface area (Å²) in [6, 6.07) is 5.61. The molecule has 1 heterocycles. The minimum Gasteiger partial charge on any atom is -0.771 e. The molecule has 6 nitrogen and oxygen atoms in total. The average Bonchev–Trinajstić information content (AvgIpc) is 2.72. The third-order valence-corrected chi connectivity index (χ3v) is 3.55. The molecule has 0 amide bonds. The van der Waals surface area contributed by atoms with Crippen LogP contribution in [0, 0.1) is 6.92 Å². The normalized spacial score (nSPS) is 12.3. The van der Waals surface area contributed by atoms with Gasteiger partial charge in [0.2, 0.25) is 0 Å². The van der Waals surface area contributed by atoms with Gasteiger partial charge in [0, 0.05) is 35.6 Å². The molecule has 0 fully saturated rings. The molecular weight excluding hydrogens is 292 g/mol. The number of esters is 1. The molecule has 0 bridgehead atoms. The van der Waals surface area contributed by atoms with E-state index in [-0.39, 0.29) is 11.8 Å². The number of hydrogen-bond donors (Lipinski definition) is 2. The van der Waals surface area contributed by atoms with Gasteiger partial charge in [-0.15, -0.1) is 0 Å². The van der Waals surface area contributed by atoms with E-state index in [1.165, 1.54) is 6.92 Å². The second-order valence-corrected chi connectivity index (χ2v) is 5.60. The lowest BCUT2D eigenvalue weighted by molar-refractivity contribution is -0.140. The molecule has 0 aliphatic carbocycles.